The smallest absolute Gasteiger partial charge is 0.157 e. The lowest BCUT2D eigenvalue weighted by Crippen LogP contribution is -2.36. The predicted octanol–water partition coefficient (Wildman–Crippen LogP) is 2.79. The second-order valence-electron chi connectivity index (χ2n) is 4.68. The molecule has 0 spiro atoms. The van der Waals surface area contributed by atoms with E-state index in [0.29, 0.717) is 9.52 Å². The average molecular weight is 262 g/mol. The lowest BCUT2D eigenvalue weighted by atomic mass is 10.2. The number of hydrogen-bond donors (Lipinski definition) is 0. The second-order valence-corrected chi connectivity index (χ2v) is 6.01. The van der Waals surface area contributed by atoms with Crippen LogP contribution in [0, 0.1) is 0 Å². The van der Waals surface area contributed by atoms with E-state index in [1.54, 1.807) is 0 Å². The second kappa shape index (κ2) is 7.51. The fourth-order valence-electron chi connectivity index (χ4n) is 1.49. The minimum absolute atomic E-state index is 0.162. The summed E-state index contributed by atoms with van der Waals surface area (Å²) < 4.78 is 11.6. The van der Waals surface area contributed by atoms with Crippen molar-refractivity contribution < 1.29 is 9.47 Å². The third kappa shape index (κ3) is 5.62. The van der Waals surface area contributed by atoms with Crippen LogP contribution in [0.5, 0.6) is 0 Å². The van der Waals surface area contributed by atoms with Crippen LogP contribution < -0.4 is 5.19 Å². The topological polar surface area (TPSA) is 18.5 Å². The van der Waals surface area contributed by atoms with Crippen molar-refractivity contribution in [3.05, 3.63) is 36.4 Å². The van der Waals surface area contributed by atoms with E-state index in [1.165, 1.54) is 5.19 Å². The molecule has 0 saturated carbocycles. The first-order chi connectivity index (χ1) is 8.51. The molecule has 2 radical (unpaired) electrons. The standard InChI is InChI=1S/C15H22O2Si/c1-6-13-8-7-9-14(10-13)18-15(16-11(2)3)17-12(4)5/h6-12,15H,1H2,2-5H3. The molecule has 1 rings (SSSR count). The highest BCUT2D eigenvalue weighted by atomic mass is 28.2. The summed E-state index contributed by atoms with van der Waals surface area (Å²) in [7, 11) is 0.488. The number of hydrogen-bond acceptors (Lipinski definition) is 2. The van der Waals surface area contributed by atoms with Gasteiger partial charge in [-0.2, -0.15) is 0 Å². The molecule has 3 heteroatoms. The van der Waals surface area contributed by atoms with E-state index >= 15 is 0 Å². The van der Waals surface area contributed by atoms with E-state index in [9.17, 15) is 0 Å². The molecule has 0 atom stereocenters. The van der Waals surface area contributed by atoms with E-state index in [4.69, 9.17) is 9.47 Å². The highest BCUT2D eigenvalue weighted by Gasteiger charge is 2.15. The fourth-order valence-corrected chi connectivity index (χ4v) is 2.88. The molecule has 0 saturated heterocycles. The van der Waals surface area contributed by atoms with Crippen molar-refractivity contribution in [2.45, 2.75) is 45.8 Å². The Morgan fingerprint density at radius 1 is 1.11 bits per heavy atom. The molecule has 0 aliphatic rings. The van der Waals surface area contributed by atoms with E-state index in [2.05, 4.69) is 18.7 Å². The molecule has 0 fully saturated rings. The van der Waals surface area contributed by atoms with Gasteiger partial charge in [-0.1, -0.05) is 42.1 Å². The highest BCUT2D eigenvalue weighted by Crippen LogP contribution is 2.04. The van der Waals surface area contributed by atoms with Gasteiger partial charge in [0.2, 0.25) is 0 Å². The molecule has 0 unspecified atom stereocenters. The lowest BCUT2D eigenvalue weighted by Gasteiger charge is -2.22. The lowest BCUT2D eigenvalue weighted by molar-refractivity contribution is -0.133. The molecule has 2 nitrogen and oxygen atoms in total. The largest absolute Gasteiger partial charge is 0.354 e. The van der Waals surface area contributed by atoms with Crippen LogP contribution in [0.4, 0.5) is 0 Å². The Balaban J connectivity index is 2.71. The van der Waals surface area contributed by atoms with Crippen LogP contribution in [0.1, 0.15) is 33.3 Å². The van der Waals surface area contributed by atoms with E-state index < -0.39 is 0 Å². The van der Waals surface area contributed by atoms with Gasteiger partial charge in [0.05, 0.1) is 12.2 Å². The van der Waals surface area contributed by atoms with Crippen molar-refractivity contribution in [1.29, 1.82) is 0 Å². The molecule has 1 aromatic rings. The van der Waals surface area contributed by atoms with Crippen LogP contribution in [-0.2, 0) is 9.47 Å². The summed E-state index contributed by atoms with van der Waals surface area (Å²) in [6.07, 6.45) is 2.20. The maximum atomic E-state index is 5.80. The van der Waals surface area contributed by atoms with Crippen LogP contribution in [-0.4, -0.2) is 27.6 Å². The molecule has 0 heterocycles. The summed E-state index contributed by atoms with van der Waals surface area (Å²) in [6, 6.07) is 8.32. The Morgan fingerprint density at radius 2 is 1.72 bits per heavy atom. The maximum Gasteiger partial charge on any atom is 0.157 e. The van der Waals surface area contributed by atoms with Gasteiger partial charge in [0.25, 0.3) is 0 Å². The first-order valence-electron chi connectivity index (χ1n) is 6.31. The quantitative estimate of drug-likeness (QED) is 0.556. The Labute approximate surface area is 113 Å². The molecule has 98 valence electrons. The summed E-state index contributed by atoms with van der Waals surface area (Å²) in [5.74, 6) is -0.162. The first-order valence-corrected chi connectivity index (χ1v) is 7.39. The molecule has 0 aliphatic carbocycles. The zero-order valence-corrected chi connectivity index (χ0v) is 12.6. The average Bonchev–Trinajstić information content (AvgIpc) is 2.27. The number of rotatable bonds is 7. The number of benzene rings is 1. The van der Waals surface area contributed by atoms with Gasteiger partial charge in [0.1, 0.15) is 5.91 Å². The predicted molar refractivity (Wildman–Crippen MR) is 78.2 cm³/mol. The number of ether oxygens (including phenoxy) is 2. The van der Waals surface area contributed by atoms with Crippen molar-refractivity contribution in [3.63, 3.8) is 0 Å². The molecule has 0 bridgehead atoms. The third-order valence-corrected chi connectivity index (χ3v) is 3.35. The molecular formula is C15H22O2Si. The summed E-state index contributed by atoms with van der Waals surface area (Å²) >= 11 is 0. The normalized spacial score (nSPS) is 11.5. The Hall–Kier alpha value is -0.903. The van der Waals surface area contributed by atoms with Crippen LogP contribution in [0.25, 0.3) is 6.08 Å². The van der Waals surface area contributed by atoms with Gasteiger partial charge in [0, 0.05) is 0 Å². The third-order valence-electron chi connectivity index (χ3n) is 2.20. The van der Waals surface area contributed by atoms with Crippen LogP contribution in [0.2, 0.25) is 0 Å². The molecule has 0 aromatic heterocycles. The first kappa shape index (κ1) is 15.2. The van der Waals surface area contributed by atoms with Gasteiger partial charge < -0.3 is 9.47 Å². The summed E-state index contributed by atoms with van der Waals surface area (Å²) in [4.78, 5) is 0. The maximum absolute atomic E-state index is 5.80. The Kier molecular flexibility index (Phi) is 6.33. The molecule has 0 N–H and O–H groups in total. The van der Waals surface area contributed by atoms with Crippen molar-refractivity contribution in [2.24, 2.45) is 0 Å². The van der Waals surface area contributed by atoms with Gasteiger partial charge in [-0.3, -0.25) is 0 Å². The Bertz CT molecular complexity index is 365. The summed E-state index contributed by atoms with van der Waals surface area (Å²) in [5.41, 5.74) is 1.13. The SMILES string of the molecule is C=Cc1cccc([Si]C(OC(C)C)OC(C)C)c1. The van der Waals surface area contributed by atoms with E-state index in [1.807, 2.05) is 45.9 Å². The molecule has 1 aromatic carbocycles. The van der Waals surface area contributed by atoms with Gasteiger partial charge in [-0.25, -0.2) is 0 Å². The monoisotopic (exact) mass is 262 g/mol. The molecule has 18 heavy (non-hydrogen) atoms. The fraction of sp³-hybridized carbons (Fsp3) is 0.467. The van der Waals surface area contributed by atoms with Crippen LogP contribution in [0.3, 0.4) is 0 Å². The summed E-state index contributed by atoms with van der Waals surface area (Å²) in [5, 5.41) is 1.23. The molecule has 0 aliphatic heterocycles. The van der Waals surface area contributed by atoms with Gasteiger partial charge in [-0.05, 0) is 33.3 Å². The van der Waals surface area contributed by atoms with Crippen molar-refractivity contribution in [2.75, 3.05) is 0 Å². The Morgan fingerprint density at radius 3 is 2.22 bits per heavy atom. The highest BCUT2D eigenvalue weighted by molar-refractivity contribution is 6.54. The van der Waals surface area contributed by atoms with Gasteiger partial charge >= 0.3 is 0 Å². The van der Waals surface area contributed by atoms with Crippen molar-refractivity contribution >= 4 is 20.8 Å². The zero-order valence-electron chi connectivity index (χ0n) is 11.6. The van der Waals surface area contributed by atoms with E-state index in [-0.39, 0.29) is 18.1 Å². The molecular weight excluding hydrogens is 240 g/mol. The van der Waals surface area contributed by atoms with Crippen molar-refractivity contribution in [3.8, 4) is 0 Å². The van der Waals surface area contributed by atoms with Crippen LogP contribution >= 0.6 is 0 Å². The minimum Gasteiger partial charge on any atom is -0.354 e. The summed E-state index contributed by atoms with van der Waals surface area (Å²) in [6.45, 7) is 11.9. The van der Waals surface area contributed by atoms with Gasteiger partial charge in [0.15, 0.2) is 9.52 Å². The minimum atomic E-state index is -0.162. The molecule has 0 amide bonds. The van der Waals surface area contributed by atoms with Crippen LogP contribution in [0.15, 0.2) is 30.8 Å². The van der Waals surface area contributed by atoms with E-state index in [0.717, 1.165) is 5.56 Å². The zero-order chi connectivity index (χ0) is 13.5. The van der Waals surface area contributed by atoms with Gasteiger partial charge in [-0.15, -0.1) is 0 Å². The van der Waals surface area contributed by atoms with Crippen molar-refractivity contribution in [1.82, 2.24) is 0 Å².